The molecule has 1 aromatic rings. The zero-order chi connectivity index (χ0) is 31.0. The van der Waals surface area contributed by atoms with E-state index in [-0.39, 0.29) is 17.9 Å². The summed E-state index contributed by atoms with van der Waals surface area (Å²) in [6.45, 7) is 9.10. The van der Waals surface area contributed by atoms with Crippen molar-refractivity contribution in [1.29, 1.82) is 0 Å². The lowest BCUT2D eigenvalue weighted by atomic mass is 9.73. The Morgan fingerprint density at radius 3 is 2.70 bits per heavy atom. The maximum absolute atomic E-state index is 13.1. The number of rotatable bonds is 10. The van der Waals surface area contributed by atoms with Crippen LogP contribution in [0.2, 0.25) is 0 Å². The molecule has 2 unspecified atom stereocenters. The lowest BCUT2D eigenvalue weighted by Crippen LogP contribution is -2.47. The molecule has 4 N–H and O–H groups in total. The molecule has 0 bridgehead atoms. The highest BCUT2D eigenvalue weighted by atomic mass is 16.2. The van der Waals surface area contributed by atoms with Crippen molar-refractivity contribution in [3.63, 3.8) is 0 Å². The molecule has 0 radical (unpaired) electrons. The summed E-state index contributed by atoms with van der Waals surface area (Å²) in [6.07, 6.45) is 22.0. The fraction of sp³-hybridized carbons (Fsp3) is 0.529. The smallest absolute Gasteiger partial charge is 0.251 e. The number of aromatic nitrogens is 1. The van der Waals surface area contributed by atoms with Gasteiger partial charge in [0.2, 0.25) is 5.91 Å². The van der Waals surface area contributed by atoms with Gasteiger partial charge in [0, 0.05) is 43.6 Å². The van der Waals surface area contributed by atoms with Crippen LogP contribution in [0.5, 0.6) is 0 Å². The van der Waals surface area contributed by atoms with E-state index in [0.29, 0.717) is 34.6 Å². The number of nitrogens with two attached hydrogens (primary N) is 1. The van der Waals surface area contributed by atoms with Gasteiger partial charge in [-0.05, 0) is 75.8 Å². The van der Waals surface area contributed by atoms with Gasteiger partial charge in [0.15, 0.2) is 0 Å². The molecule has 2 fully saturated rings. The third-order valence-corrected chi connectivity index (χ3v) is 9.56. The molecule has 1 aliphatic carbocycles. The monoisotopic (exact) mass is 588 g/mol. The van der Waals surface area contributed by atoms with Gasteiger partial charge in [-0.2, -0.15) is 0 Å². The van der Waals surface area contributed by atoms with Crippen molar-refractivity contribution >= 4 is 29.4 Å². The molecule has 3 heterocycles. The van der Waals surface area contributed by atoms with Gasteiger partial charge in [0.05, 0.1) is 49.6 Å². The van der Waals surface area contributed by atoms with Crippen molar-refractivity contribution in [2.45, 2.75) is 71.8 Å². The largest absolute Gasteiger partial charge is 0.404 e. The van der Waals surface area contributed by atoms with E-state index in [9.17, 15) is 9.59 Å². The number of hydrogen-bond donors (Lipinski definition) is 3. The van der Waals surface area contributed by atoms with Crippen LogP contribution in [-0.4, -0.2) is 78.7 Å². The fourth-order valence-corrected chi connectivity index (χ4v) is 6.57. The molecule has 4 rings (SSSR count). The van der Waals surface area contributed by atoms with Gasteiger partial charge >= 0.3 is 0 Å². The van der Waals surface area contributed by atoms with Crippen molar-refractivity contribution in [3.8, 4) is 0 Å². The van der Waals surface area contributed by atoms with Gasteiger partial charge in [0.1, 0.15) is 6.04 Å². The lowest BCUT2D eigenvalue weighted by Gasteiger charge is -2.37. The predicted octanol–water partition coefficient (Wildman–Crippen LogP) is 5.09. The highest BCUT2D eigenvalue weighted by molar-refractivity contribution is 6.04. The van der Waals surface area contributed by atoms with Crippen LogP contribution in [-0.2, 0) is 9.59 Å². The number of hydrogen-bond acceptors (Lipinski definition) is 6. The molecule has 2 aliphatic heterocycles. The number of likely N-dealkylation sites (tertiary alicyclic amines) is 1. The number of pyridine rings is 1. The second kappa shape index (κ2) is 14.3. The summed E-state index contributed by atoms with van der Waals surface area (Å²) in [7, 11) is 3.92. The molecule has 9 nitrogen and oxygen atoms in total. The van der Waals surface area contributed by atoms with E-state index in [1.807, 2.05) is 19.9 Å². The van der Waals surface area contributed by atoms with E-state index < -0.39 is 0 Å². The molecular weight excluding hydrogens is 538 g/mol. The number of aryl methyl sites for hydroxylation is 1. The Balaban J connectivity index is 1.29. The molecule has 1 spiro atoms. The SMILES string of the molecule is CN=C/C(=C\N)C1=CC(C)[N+](C)(CCC=C(C)C(=O)Nc2cc(NC(=O)CN3CCC4(CCCCC4)C3)cnc2C)C=C1. The van der Waals surface area contributed by atoms with Gasteiger partial charge in [-0.3, -0.25) is 28.9 Å². The third-order valence-electron chi connectivity index (χ3n) is 9.56. The van der Waals surface area contributed by atoms with Crippen LogP contribution in [0.3, 0.4) is 0 Å². The number of carbonyl (C=O) groups excluding carboxylic acids is 2. The average molecular weight is 589 g/mol. The van der Waals surface area contributed by atoms with E-state index in [4.69, 9.17) is 5.73 Å². The summed E-state index contributed by atoms with van der Waals surface area (Å²) in [5.74, 6) is -0.216. The summed E-state index contributed by atoms with van der Waals surface area (Å²) in [6, 6.07) is 2.04. The molecule has 2 atom stereocenters. The minimum absolute atomic E-state index is 0.0415. The van der Waals surface area contributed by atoms with Crippen LogP contribution >= 0.6 is 0 Å². The minimum Gasteiger partial charge on any atom is -0.404 e. The highest BCUT2D eigenvalue weighted by Crippen LogP contribution is 2.43. The summed E-state index contributed by atoms with van der Waals surface area (Å²) >= 11 is 0. The standard InChI is InChI=1S/C34H49N7O2/c1-25(10-9-16-41(5)17-11-28(18-26(41)2)29(20-35)21-36-4)33(43)39-31-19-30(22-37-27(31)3)38-32(42)23-40-15-14-34(24-40)12-7-6-8-13-34/h10-11,17-22,26H,6-9,12-16,23-24H2,1-5H3,(H3-,35,36,38,39,42,43)/p+1. The fourth-order valence-electron chi connectivity index (χ4n) is 6.57. The highest BCUT2D eigenvalue weighted by Gasteiger charge is 2.39. The first kappa shape index (κ1) is 32.4. The van der Waals surface area contributed by atoms with Gasteiger partial charge in [-0.1, -0.05) is 25.3 Å². The molecule has 3 aliphatic rings. The van der Waals surface area contributed by atoms with Crippen LogP contribution < -0.4 is 16.4 Å². The summed E-state index contributed by atoms with van der Waals surface area (Å²) in [4.78, 5) is 36.7. The van der Waals surface area contributed by atoms with E-state index in [0.717, 1.165) is 41.7 Å². The number of likely N-dealkylation sites (N-methyl/N-ethyl adjacent to an activating group) is 1. The molecule has 2 amide bonds. The van der Waals surface area contributed by atoms with E-state index in [1.54, 1.807) is 31.7 Å². The number of allylic oxidation sites excluding steroid dienone is 3. The quantitative estimate of drug-likeness (QED) is 0.200. The molecule has 1 saturated heterocycles. The topological polar surface area (TPSA) is 113 Å². The van der Waals surface area contributed by atoms with E-state index in [2.05, 4.69) is 57.8 Å². The van der Waals surface area contributed by atoms with Crippen LogP contribution in [0.1, 0.15) is 64.5 Å². The second-order valence-corrected chi connectivity index (χ2v) is 12.8. The lowest BCUT2D eigenvalue weighted by molar-refractivity contribution is -0.876. The van der Waals surface area contributed by atoms with Crippen molar-refractivity contribution < 1.29 is 14.1 Å². The van der Waals surface area contributed by atoms with Crippen LogP contribution in [0.15, 0.2) is 64.6 Å². The van der Waals surface area contributed by atoms with Crippen LogP contribution in [0, 0.1) is 12.3 Å². The van der Waals surface area contributed by atoms with E-state index >= 15 is 0 Å². The molecule has 1 aromatic heterocycles. The second-order valence-electron chi connectivity index (χ2n) is 12.8. The molecule has 0 aromatic carbocycles. The maximum Gasteiger partial charge on any atom is 0.251 e. The van der Waals surface area contributed by atoms with Gasteiger partial charge in [-0.25, -0.2) is 0 Å². The Labute approximate surface area is 257 Å². The number of nitrogens with zero attached hydrogens (tertiary/aromatic N) is 4. The molecule has 9 heteroatoms. The normalized spacial score (nSPS) is 24.4. The number of nitrogens with one attached hydrogen (secondary N) is 2. The first-order chi connectivity index (χ1) is 20.6. The van der Waals surface area contributed by atoms with Crippen LogP contribution in [0.25, 0.3) is 0 Å². The van der Waals surface area contributed by atoms with Crippen molar-refractivity contribution in [2.24, 2.45) is 16.1 Å². The number of anilines is 2. The molecular formula is C34H50N7O2+. The predicted molar refractivity (Wildman–Crippen MR) is 176 cm³/mol. The molecule has 43 heavy (non-hydrogen) atoms. The molecule has 1 saturated carbocycles. The van der Waals surface area contributed by atoms with Gasteiger partial charge in [0.25, 0.3) is 5.91 Å². The third kappa shape index (κ3) is 8.30. The van der Waals surface area contributed by atoms with E-state index in [1.165, 1.54) is 38.5 Å². The zero-order valence-corrected chi connectivity index (χ0v) is 26.7. The van der Waals surface area contributed by atoms with Crippen molar-refractivity contribution in [2.75, 3.05) is 50.9 Å². The maximum atomic E-state index is 13.1. The Morgan fingerprint density at radius 2 is 2.00 bits per heavy atom. The number of quaternary nitrogens is 1. The minimum atomic E-state index is -0.174. The summed E-state index contributed by atoms with van der Waals surface area (Å²) in [5.41, 5.74) is 10.7. The Morgan fingerprint density at radius 1 is 1.23 bits per heavy atom. The van der Waals surface area contributed by atoms with Gasteiger partial charge < -0.3 is 16.4 Å². The first-order valence-electron chi connectivity index (χ1n) is 15.6. The average Bonchev–Trinajstić information content (AvgIpc) is 3.36. The number of aliphatic imine (C=N–C) groups is 1. The number of amides is 2. The van der Waals surface area contributed by atoms with Crippen molar-refractivity contribution in [1.82, 2.24) is 9.88 Å². The summed E-state index contributed by atoms with van der Waals surface area (Å²) < 4.78 is 0.721. The zero-order valence-electron chi connectivity index (χ0n) is 26.7. The van der Waals surface area contributed by atoms with Crippen molar-refractivity contribution in [3.05, 3.63) is 65.3 Å². The first-order valence-corrected chi connectivity index (χ1v) is 15.6. The van der Waals surface area contributed by atoms with Crippen LogP contribution in [0.4, 0.5) is 11.4 Å². The van der Waals surface area contributed by atoms with Gasteiger partial charge in [-0.15, -0.1) is 0 Å². The molecule has 232 valence electrons. The number of carbonyl (C=O) groups is 2. The Kier molecular flexibility index (Phi) is 10.7. The Hall–Kier alpha value is -3.56. The summed E-state index contributed by atoms with van der Waals surface area (Å²) in [5, 5.41) is 5.98. The Bertz CT molecular complexity index is 1340.